The molecule has 1 aromatic rings. The molecule has 1 heterocycles. The van der Waals surface area contributed by atoms with Crippen LogP contribution >= 0.6 is 0 Å². The van der Waals surface area contributed by atoms with Crippen molar-refractivity contribution in [3.63, 3.8) is 0 Å². The van der Waals surface area contributed by atoms with Crippen molar-refractivity contribution in [2.24, 2.45) is 0 Å². The van der Waals surface area contributed by atoms with Gasteiger partial charge >= 0.3 is 0 Å². The Bertz CT molecular complexity index is 296. The molecule has 0 fully saturated rings. The SMILES string of the molecule is Fc1ccc2c(c1F)NCC2. The van der Waals surface area contributed by atoms with Gasteiger partial charge in [-0.25, -0.2) is 8.78 Å². The molecule has 1 aliphatic heterocycles. The molecule has 1 aliphatic rings. The lowest BCUT2D eigenvalue weighted by Crippen LogP contribution is -1.95. The van der Waals surface area contributed by atoms with E-state index in [1.54, 1.807) is 6.07 Å². The lowest BCUT2D eigenvalue weighted by Gasteiger charge is -2.00. The van der Waals surface area contributed by atoms with Crippen LogP contribution < -0.4 is 5.32 Å². The van der Waals surface area contributed by atoms with Gasteiger partial charge in [0.15, 0.2) is 11.6 Å². The highest BCUT2D eigenvalue weighted by Gasteiger charge is 2.16. The molecule has 0 atom stereocenters. The van der Waals surface area contributed by atoms with Crippen LogP contribution in [0.25, 0.3) is 0 Å². The van der Waals surface area contributed by atoms with E-state index in [4.69, 9.17) is 0 Å². The normalized spacial score (nSPS) is 14.4. The molecule has 0 saturated carbocycles. The number of hydrogen-bond donors (Lipinski definition) is 1. The van der Waals surface area contributed by atoms with Crippen molar-refractivity contribution in [1.29, 1.82) is 0 Å². The molecule has 1 N–H and O–H groups in total. The standard InChI is InChI=1S/C8H7F2N/c9-6-2-1-5-3-4-11-8(5)7(6)10/h1-2,11H,3-4H2. The Kier molecular flexibility index (Phi) is 1.31. The molecular formula is C8H7F2N. The molecule has 1 aromatic carbocycles. The van der Waals surface area contributed by atoms with Crippen molar-refractivity contribution in [2.75, 3.05) is 11.9 Å². The van der Waals surface area contributed by atoms with E-state index in [1.807, 2.05) is 0 Å². The summed E-state index contributed by atoms with van der Waals surface area (Å²) in [6.45, 7) is 0.704. The van der Waals surface area contributed by atoms with Gasteiger partial charge in [-0.05, 0) is 18.1 Å². The highest BCUT2D eigenvalue weighted by atomic mass is 19.2. The van der Waals surface area contributed by atoms with Crippen LogP contribution in [0.5, 0.6) is 0 Å². The van der Waals surface area contributed by atoms with E-state index in [0.29, 0.717) is 12.2 Å². The zero-order valence-corrected chi connectivity index (χ0v) is 5.82. The molecule has 0 saturated heterocycles. The highest BCUT2D eigenvalue weighted by molar-refractivity contribution is 5.56. The first-order valence-electron chi connectivity index (χ1n) is 3.50. The fourth-order valence-electron chi connectivity index (χ4n) is 1.31. The minimum Gasteiger partial charge on any atom is -0.382 e. The van der Waals surface area contributed by atoms with E-state index in [-0.39, 0.29) is 0 Å². The number of fused-ring (bicyclic) bond motifs is 1. The minimum atomic E-state index is -0.779. The second-order valence-electron chi connectivity index (χ2n) is 2.57. The van der Waals surface area contributed by atoms with Crippen molar-refractivity contribution < 1.29 is 8.78 Å². The van der Waals surface area contributed by atoms with Crippen molar-refractivity contribution in [2.45, 2.75) is 6.42 Å². The molecule has 11 heavy (non-hydrogen) atoms. The van der Waals surface area contributed by atoms with Gasteiger partial charge in [-0.3, -0.25) is 0 Å². The predicted octanol–water partition coefficient (Wildman–Crippen LogP) is 1.93. The van der Waals surface area contributed by atoms with Gasteiger partial charge in [0.25, 0.3) is 0 Å². The molecule has 0 unspecified atom stereocenters. The minimum absolute atomic E-state index is 0.338. The summed E-state index contributed by atoms with van der Waals surface area (Å²) in [7, 11) is 0. The van der Waals surface area contributed by atoms with E-state index in [2.05, 4.69) is 5.32 Å². The van der Waals surface area contributed by atoms with Crippen LogP contribution in [0.15, 0.2) is 12.1 Å². The highest BCUT2D eigenvalue weighted by Crippen LogP contribution is 2.26. The average Bonchev–Trinajstić information content (AvgIpc) is 2.45. The van der Waals surface area contributed by atoms with Gasteiger partial charge in [-0.1, -0.05) is 6.07 Å². The third-order valence-electron chi connectivity index (χ3n) is 1.88. The first-order valence-corrected chi connectivity index (χ1v) is 3.50. The summed E-state index contributed by atoms with van der Waals surface area (Å²) >= 11 is 0. The van der Waals surface area contributed by atoms with Gasteiger partial charge in [-0.15, -0.1) is 0 Å². The van der Waals surface area contributed by atoms with Crippen LogP contribution in [-0.2, 0) is 6.42 Å². The van der Waals surface area contributed by atoms with Crippen molar-refractivity contribution in [1.82, 2.24) is 0 Å². The van der Waals surface area contributed by atoms with E-state index < -0.39 is 11.6 Å². The summed E-state index contributed by atoms with van der Waals surface area (Å²) in [4.78, 5) is 0. The number of rotatable bonds is 0. The molecule has 0 radical (unpaired) electrons. The lowest BCUT2D eigenvalue weighted by molar-refractivity contribution is 0.511. The van der Waals surface area contributed by atoms with Crippen LogP contribution in [0.3, 0.4) is 0 Å². The lowest BCUT2D eigenvalue weighted by atomic mass is 10.1. The predicted molar refractivity (Wildman–Crippen MR) is 38.6 cm³/mol. The maximum Gasteiger partial charge on any atom is 0.182 e. The third-order valence-corrected chi connectivity index (χ3v) is 1.88. The first-order chi connectivity index (χ1) is 5.29. The smallest absolute Gasteiger partial charge is 0.182 e. The van der Waals surface area contributed by atoms with Gasteiger partial charge in [0.1, 0.15) is 0 Å². The quantitative estimate of drug-likeness (QED) is 0.603. The fraction of sp³-hybridized carbons (Fsp3) is 0.250. The summed E-state index contributed by atoms with van der Waals surface area (Å²) < 4.78 is 25.4. The Labute approximate surface area is 63.0 Å². The molecule has 58 valence electrons. The number of nitrogens with one attached hydrogen (secondary N) is 1. The summed E-state index contributed by atoms with van der Waals surface area (Å²) in [6, 6.07) is 2.79. The van der Waals surface area contributed by atoms with E-state index in [0.717, 1.165) is 12.0 Å². The molecule has 0 aliphatic carbocycles. The zero-order valence-electron chi connectivity index (χ0n) is 5.82. The maximum absolute atomic E-state index is 12.9. The topological polar surface area (TPSA) is 12.0 Å². The Morgan fingerprint density at radius 2 is 2.09 bits per heavy atom. The number of hydrogen-bond acceptors (Lipinski definition) is 1. The Morgan fingerprint density at radius 3 is 2.91 bits per heavy atom. The molecule has 0 bridgehead atoms. The summed E-state index contributed by atoms with van der Waals surface area (Å²) in [5.74, 6) is -1.53. The molecule has 0 aromatic heterocycles. The first kappa shape index (κ1) is 6.58. The molecule has 2 rings (SSSR count). The Morgan fingerprint density at radius 1 is 1.27 bits per heavy atom. The van der Waals surface area contributed by atoms with E-state index in [1.165, 1.54) is 6.07 Å². The van der Waals surface area contributed by atoms with Crippen LogP contribution in [-0.4, -0.2) is 6.54 Å². The largest absolute Gasteiger partial charge is 0.382 e. The van der Waals surface area contributed by atoms with E-state index in [9.17, 15) is 8.78 Å². The third kappa shape index (κ3) is 0.878. The zero-order chi connectivity index (χ0) is 7.84. The summed E-state index contributed by atoms with van der Waals surface area (Å²) in [5, 5.41) is 2.79. The van der Waals surface area contributed by atoms with Crippen LogP contribution in [0.1, 0.15) is 5.56 Å². The van der Waals surface area contributed by atoms with Crippen LogP contribution in [0.2, 0.25) is 0 Å². The summed E-state index contributed by atoms with van der Waals surface area (Å²) in [6.07, 6.45) is 0.784. The molecular weight excluding hydrogens is 148 g/mol. The second kappa shape index (κ2) is 2.19. The van der Waals surface area contributed by atoms with Crippen LogP contribution in [0, 0.1) is 11.6 Å². The Balaban J connectivity index is 2.62. The van der Waals surface area contributed by atoms with Crippen molar-refractivity contribution in [3.05, 3.63) is 29.3 Å². The number of anilines is 1. The van der Waals surface area contributed by atoms with Gasteiger partial charge in [-0.2, -0.15) is 0 Å². The molecule has 0 amide bonds. The Hall–Kier alpha value is -1.12. The van der Waals surface area contributed by atoms with Crippen LogP contribution in [0.4, 0.5) is 14.5 Å². The molecule has 3 heteroatoms. The monoisotopic (exact) mass is 155 g/mol. The molecule has 1 nitrogen and oxygen atoms in total. The van der Waals surface area contributed by atoms with Crippen molar-refractivity contribution in [3.8, 4) is 0 Å². The van der Waals surface area contributed by atoms with E-state index >= 15 is 0 Å². The van der Waals surface area contributed by atoms with Crippen molar-refractivity contribution >= 4 is 5.69 Å². The van der Waals surface area contributed by atoms with Gasteiger partial charge in [0.05, 0.1) is 5.69 Å². The van der Waals surface area contributed by atoms with Gasteiger partial charge in [0.2, 0.25) is 0 Å². The molecule has 0 spiro atoms. The number of halogens is 2. The van der Waals surface area contributed by atoms with Gasteiger partial charge < -0.3 is 5.32 Å². The second-order valence-corrected chi connectivity index (χ2v) is 2.57. The number of benzene rings is 1. The fourth-order valence-corrected chi connectivity index (χ4v) is 1.31. The van der Waals surface area contributed by atoms with Gasteiger partial charge in [0, 0.05) is 6.54 Å². The summed E-state index contributed by atoms with van der Waals surface area (Å²) in [5.41, 5.74) is 1.20. The average molecular weight is 155 g/mol. The maximum atomic E-state index is 12.9.